The molecule has 20 heavy (non-hydrogen) atoms. The molecule has 0 saturated carbocycles. The van der Waals surface area contributed by atoms with Crippen molar-refractivity contribution in [1.29, 1.82) is 5.26 Å². The third-order valence-corrected chi connectivity index (χ3v) is 2.43. The molecular formula is C13H11FN4O2. The lowest BCUT2D eigenvalue weighted by Crippen LogP contribution is -2.01. The third-order valence-electron chi connectivity index (χ3n) is 2.43. The van der Waals surface area contributed by atoms with Gasteiger partial charge in [0.2, 0.25) is 11.8 Å². The fourth-order valence-corrected chi connectivity index (χ4v) is 1.47. The zero-order valence-corrected chi connectivity index (χ0v) is 10.8. The van der Waals surface area contributed by atoms with E-state index in [2.05, 4.69) is 15.3 Å². The van der Waals surface area contributed by atoms with Gasteiger partial charge in [-0.05, 0) is 12.1 Å². The van der Waals surface area contributed by atoms with Gasteiger partial charge in [-0.25, -0.2) is 4.98 Å². The van der Waals surface area contributed by atoms with Gasteiger partial charge in [-0.3, -0.25) is 0 Å². The van der Waals surface area contributed by atoms with Crippen LogP contribution in [0, 0.1) is 17.1 Å². The number of anilines is 1. The van der Waals surface area contributed by atoms with Crippen molar-refractivity contribution in [3.8, 4) is 23.4 Å². The molecule has 0 aliphatic carbocycles. The molecule has 0 unspecified atom stereocenters. The Morgan fingerprint density at radius 2 is 2.15 bits per heavy atom. The van der Waals surface area contributed by atoms with E-state index in [1.165, 1.54) is 25.3 Å². The summed E-state index contributed by atoms with van der Waals surface area (Å²) in [6.07, 6.45) is 1.00. The largest absolute Gasteiger partial charge is 0.493 e. The van der Waals surface area contributed by atoms with Crippen LogP contribution in [0.2, 0.25) is 0 Å². The van der Waals surface area contributed by atoms with E-state index in [4.69, 9.17) is 14.7 Å². The second-order valence-corrected chi connectivity index (χ2v) is 3.68. The molecule has 1 aromatic carbocycles. The molecule has 0 atom stereocenters. The van der Waals surface area contributed by atoms with Crippen molar-refractivity contribution >= 4 is 5.95 Å². The molecule has 102 valence electrons. The Morgan fingerprint density at radius 3 is 2.80 bits per heavy atom. The van der Waals surface area contributed by atoms with Crippen LogP contribution in [0.3, 0.4) is 0 Å². The molecule has 1 aromatic heterocycles. The Bertz CT molecular complexity index is 670. The van der Waals surface area contributed by atoms with E-state index in [-0.39, 0.29) is 17.6 Å². The molecule has 0 aliphatic rings. The van der Waals surface area contributed by atoms with Crippen LogP contribution < -0.4 is 14.8 Å². The first-order chi connectivity index (χ1) is 9.67. The topological polar surface area (TPSA) is 80.1 Å². The predicted octanol–water partition coefficient (Wildman–Crippen LogP) is 2.33. The van der Waals surface area contributed by atoms with Gasteiger partial charge in [-0.15, -0.1) is 0 Å². The molecule has 0 fully saturated rings. The average Bonchev–Trinajstić information content (AvgIpc) is 2.49. The fourth-order valence-electron chi connectivity index (χ4n) is 1.47. The van der Waals surface area contributed by atoms with Gasteiger partial charge in [-0.1, -0.05) is 0 Å². The molecule has 0 saturated heterocycles. The standard InChI is InChI=1S/C13H11FN4O2/c1-16-13-17-7-9(14)12(18-13)20-10-4-3-8(6-15)5-11(10)19-2/h3-5,7H,1-2H3,(H,16,17,18). The molecule has 1 heterocycles. The van der Waals surface area contributed by atoms with E-state index in [0.29, 0.717) is 11.3 Å². The Labute approximate surface area is 114 Å². The summed E-state index contributed by atoms with van der Waals surface area (Å²) in [4.78, 5) is 7.58. The summed E-state index contributed by atoms with van der Waals surface area (Å²) in [5.74, 6) is -0.129. The second kappa shape index (κ2) is 5.84. The first-order valence-electron chi connectivity index (χ1n) is 5.64. The van der Waals surface area contributed by atoms with Gasteiger partial charge in [0.1, 0.15) is 0 Å². The van der Waals surface area contributed by atoms with Crippen LogP contribution in [0.25, 0.3) is 0 Å². The average molecular weight is 274 g/mol. The van der Waals surface area contributed by atoms with Gasteiger partial charge >= 0.3 is 0 Å². The van der Waals surface area contributed by atoms with Gasteiger partial charge < -0.3 is 14.8 Å². The van der Waals surface area contributed by atoms with Crippen molar-refractivity contribution in [2.24, 2.45) is 0 Å². The first kappa shape index (κ1) is 13.5. The van der Waals surface area contributed by atoms with Crippen LogP contribution >= 0.6 is 0 Å². The monoisotopic (exact) mass is 274 g/mol. The summed E-state index contributed by atoms with van der Waals surface area (Å²) < 4.78 is 24.1. The SMILES string of the molecule is CNc1ncc(F)c(Oc2ccc(C#N)cc2OC)n1. The van der Waals surface area contributed by atoms with Crippen LogP contribution in [-0.4, -0.2) is 24.1 Å². The van der Waals surface area contributed by atoms with E-state index in [0.717, 1.165) is 6.20 Å². The van der Waals surface area contributed by atoms with E-state index in [1.54, 1.807) is 7.05 Å². The van der Waals surface area contributed by atoms with Crippen molar-refractivity contribution < 1.29 is 13.9 Å². The summed E-state index contributed by atoms with van der Waals surface area (Å²) >= 11 is 0. The number of nitrogens with zero attached hydrogens (tertiary/aromatic N) is 3. The molecule has 2 rings (SSSR count). The lowest BCUT2D eigenvalue weighted by molar-refractivity contribution is 0.363. The lowest BCUT2D eigenvalue weighted by Gasteiger charge is -2.10. The van der Waals surface area contributed by atoms with E-state index in [9.17, 15) is 4.39 Å². The molecule has 0 aliphatic heterocycles. The number of benzene rings is 1. The molecule has 0 spiro atoms. The zero-order valence-electron chi connectivity index (χ0n) is 10.8. The number of nitrogens with one attached hydrogen (secondary N) is 1. The number of rotatable bonds is 4. The Hall–Kier alpha value is -2.88. The number of nitriles is 1. The Balaban J connectivity index is 2.37. The third kappa shape index (κ3) is 2.75. The summed E-state index contributed by atoms with van der Waals surface area (Å²) in [6, 6.07) is 6.52. The highest BCUT2D eigenvalue weighted by atomic mass is 19.1. The minimum Gasteiger partial charge on any atom is -0.493 e. The smallest absolute Gasteiger partial charge is 0.261 e. The molecule has 6 nitrogen and oxygen atoms in total. The second-order valence-electron chi connectivity index (χ2n) is 3.68. The van der Waals surface area contributed by atoms with Gasteiger partial charge in [-0.2, -0.15) is 14.6 Å². The number of hydrogen-bond acceptors (Lipinski definition) is 6. The maximum absolute atomic E-state index is 13.6. The highest BCUT2D eigenvalue weighted by Gasteiger charge is 2.12. The Kier molecular flexibility index (Phi) is 3.96. The van der Waals surface area contributed by atoms with Crippen molar-refractivity contribution in [3.05, 3.63) is 35.8 Å². The lowest BCUT2D eigenvalue weighted by atomic mass is 10.2. The van der Waals surface area contributed by atoms with Crippen LogP contribution in [0.5, 0.6) is 17.4 Å². The zero-order chi connectivity index (χ0) is 14.5. The summed E-state index contributed by atoms with van der Waals surface area (Å²) in [7, 11) is 3.04. The van der Waals surface area contributed by atoms with Gasteiger partial charge in [0, 0.05) is 13.1 Å². The highest BCUT2D eigenvalue weighted by molar-refractivity contribution is 5.48. The molecule has 0 radical (unpaired) electrons. The molecular weight excluding hydrogens is 263 g/mol. The minimum atomic E-state index is -0.699. The molecule has 2 aromatic rings. The molecule has 7 heteroatoms. The van der Waals surface area contributed by atoms with Crippen molar-refractivity contribution in [2.45, 2.75) is 0 Å². The summed E-state index contributed by atoms with van der Waals surface area (Å²) in [6.45, 7) is 0. The number of methoxy groups -OCH3 is 1. The number of aromatic nitrogens is 2. The summed E-state index contributed by atoms with van der Waals surface area (Å²) in [5, 5.41) is 11.5. The quantitative estimate of drug-likeness (QED) is 0.921. The molecule has 0 amide bonds. The van der Waals surface area contributed by atoms with Crippen molar-refractivity contribution in [1.82, 2.24) is 9.97 Å². The minimum absolute atomic E-state index is 0.229. The number of halogens is 1. The van der Waals surface area contributed by atoms with Crippen LogP contribution in [0.4, 0.5) is 10.3 Å². The first-order valence-corrected chi connectivity index (χ1v) is 5.64. The van der Waals surface area contributed by atoms with Crippen LogP contribution in [-0.2, 0) is 0 Å². The van der Waals surface area contributed by atoms with Crippen LogP contribution in [0.15, 0.2) is 24.4 Å². The van der Waals surface area contributed by atoms with Gasteiger partial charge in [0.25, 0.3) is 5.88 Å². The van der Waals surface area contributed by atoms with Crippen molar-refractivity contribution in [2.75, 3.05) is 19.5 Å². The van der Waals surface area contributed by atoms with Crippen molar-refractivity contribution in [3.63, 3.8) is 0 Å². The number of hydrogen-bond donors (Lipinski definition) is 1. The van der Waals surface area contributed by atoms with Gasteiger partial charge in [0.05, 0.1) is 24.9 Å². The van der Waals surface area contributed by atoms with E-state index >= 15 is 0 Å². The fraction of sp³-hybridized carbons (Fsp3) is 0.154. The normalized spacial score (nSPS) is 9.70. The Morgan fingerprint density at radius 1 is 1.35 bits per heavy atom. The highest BCUT2D eigenvalue weighted by Crippen LogP contribution is 2.32. The van der Waals surface area contributed by atoms with Crippen LogP contribution in [0.1, 0.15) is 5.56 Å². The van der Waals surface area contributed by atoms with E-state index in [1.807, 2.05) is 6.07 Å². The van der Waals surface area contributed by atoms with Gasteiger partial charge in [0.15, 0.2) is 11.5 Å². The maximum atomic E-state index is 13.6. The summed E-state index contributed by atoms with van der Waals surface area (Å²) in [5.41, 5.74) is 0.410. The maximum Gasteiger partial charge on any atom is 0.261 e. The van der Waals surface area contributed by atoms with E-state index < -0.39 is 5.82 Å². The molecule has 1 N–H and O–H groups in total. The predicted molar refractivity (Wildman–Crippen MR) is 69.3 cm³/mol. The molecule has 0 bridgehead atoms. The number of ether oxygens (including phenoxy) is 2.